The van der Waals surface area contributed by atoms with Crippen LogP contribution < -0.4 is 0 Å². The summed E-state index contributed by atoms with van der Waals surface area (Å²) in [4.78, 5) is 0. The van der Waals surface area contributed by atoms with Crippen molar-refractivity contribution in [3.63, 3.8) is 0 Å². The van der Waals surface area contributed by atoms with E-state index in [2.05, 4.69) is 15.9 Å². The highest BCUT2D eigenvalue weighted by atomic mass is 79.9. The third-order valence-corrected chi connectivity index (χ3v) is 9.00. The summed E-state index contributed by atoms with van der Waals surface area (Å²) in [7, 11) is 0. The molecule has 44 heavy (non-hydrogen) atoms. The van der Waals surface area contributed by atoms with E-state index in [0.29, 0.717) is 20.6 Å². The van der Waals surface area contributed by atoms with Gasteiger partial charge in [0.1, 0.15) is 0 Å². The molecule has 0 atom stereocenters. The van der Waals surface area contributed by atoms with Crippen LogP contribution >= 0.6 is 50.7 Å². The average Bonchev–Trinajstić information content (AvgIpc) is 3.01. The highest BCUT2D eigenvalue weighted by molar-refractivity contribution is 9.10. The molecule has 0 bridgehead atoms. The molecule has 0 nitrogen and oxygen atoms in total. The third-order valence-electron chi connectivity index (χ3n) is 7.39. The molecule has 0 fully saturated rings. The first-order valence-corrected chi connectivity index (χ1v) is 15.5. The van der Waals surface area contributed by atoms with E-state index in [4.69, 9.17) is 34.8 Å². The molecule has 0 aliphatic heterocycles. The van der Waals surface area contributed by atoms with Crippen molar-refractivity contribution >= 4 is 50.7 Å². The smallest absolute Gasteiger partial charge is 0.166 e. The largest absolute Gasteiger partial charge is 0.416 e. The molecule has 0 unspecified atom stereocenters. The number of hydrogen-bond acceptors (Lipinski definition) is 0. The quantitative estimate of drug-likeness (QED) is 0.167. The van der Waals surface area contributed by atoms with Crippen LogP contribution in [0, 0.1) is 0 Å². The Morgan fingerprint density at radius 2 is 0.977 bits per heavy atom. The molecule has 0 spiro atoms. The summed E-state index contributed by atoms with van der Waals surface area (Å²) in [5.74, 6) is 0. The van der Waals surface area contributed by atoms with Gasteiger partial charge < -0.3 is 0 Å². The molecule has 0 aromatic heterocycles. The summed E-state index contributed by atoms with van der Waals surface area (Å²) >= 11 is 23.8. The van der Waals surface area contributed by atoms with Crippen LogP contribution in [0.5, 0.6) is 0 Å². The monoisotopic (exact) mass is 706 g/mol. The summed E-state index contributed by atoms with van der Waals surface area (Å²) in [5, 5.41) is 1.61. The Bertz CT molecular complexity index is 1970. The number of rotatable bonds is 5. The maximum absolute atomic E-state index is 13.7. The van der Waals surface area contributed by atoms with Gasteiger partial charge in [0.05, 0.1) is 5.56 Å². The fraction of sp³-hybridized carbons (Fsp3) is 0.0270. The van der Waals surface area contributed by atoms with Crippen molar-refractivity contribution < 1.29 is 13.2 Å². The maximum atomic E-state index is 13.7. The molecule has 0 heterocycles. The van der Waals surface area contributed by atoms with E-state index in [1.54, 1.807) is 12.1 Å². The number of hydrogen-bond donors (Lipinski definition) is 0. The van der Waals surface area contributed by atoms with Crippen LogP contribution in [0.4, 0.5) is 13.2 Å². The van der Waals surface area contributed by atoms with E-state index in [-0.39, 0.29) is 0 Å². The molecule has 218 valence electrons. The zero-order chi connectivity index (χ0) is 31.0. The molecule has 0 saturated heterocycles. The molecule has 0 aliphatic rings. The summed E-state index contributed by atoms with van der Waals surface area (Å²) in [5.41, 5.74) is 7.06. The van der Waals surface area contributed by atoms with Gasteiger partial charge in [0, 0.05) is 41.8 Å². The van der Waals surface area contributed by atoms with E-state index in [0.717, 1.165) is 66.7 Å². The maximum Gasteiger partial charge on any atom is 0.416 e. The van der Waals surface area contributed by atoms with Crippen LogP contribution in [0.15, 0.2) is 132 Å². The van der Waals surface area contributed by atoms with Crippen LogP contribution in [0.25, 0.3) is 55.6 Å². The van der Waals surface area contributed by atoms with Crippen molar-refractivity contribution in [2.45, 2.75) is 6.18 Å². The Labute approximate surface area is 276 Å². The van der Waals surface area contributed by atoms with Crippen LogP contribution in [0.2, 0.25) is 15.1 Å². The van der Waals surface area contributed by atoms with Crippen molar-refractivity contribution in [1.29, 1.82) is 0 Å². The van der Waals surface area contributed by atoms with E-state index in [1.165, 1.54) is 12.1 Å². The molecule has 0 aliphatic carbocycles. The molecule has 0 amide bonds. The molecule has 7 heteroatoms. The fourth-order valence-corrected chi connectivity index (χ4v) is 6.86. The van der Waals surface area contributed by atoms with Crippen LogP contribution in [0.3, 0.4) is 0 Å². The highest BCUT2D eigenvalue weighted by Crippen LogP contribution is 2.55. The summed E-state index contributed by atoms with van der Waals surface area (Å²) in [6, 6.07) is 37.5. The SMILES string of the molecule is FC(F)(F)c1ccc(-c2c(-c3ccccc3)c(-c3ccc(Cl)cc3)c(Br)c(-c3cccc(Cl)c3)c2-c2ccccc2Cl)cc1. The normalized spacial score (nSPS) is 11.5. The van der Waals surface area contributed by atoms with Gasteiger partial charge in [-0.2, -0.15) is 13.2 Å². The Kier molecular flexibility index (Phi) is 8.63. The fourth-order valence-electron chi connectivity index (χ4n) is 5.46. The van der Waals surface area contributed by atoms with Crippen molar-refractivity contribution in [2.24, 2.45) is 0 Å². The first-order chi connectivity index (χ1) is 21.1. The van der Waals surface area contributed by atoms with Crippen LogP contribution in [-0.4, -0.2) is 0 Å². The molecular formula is C37H21BrCl3F3. The van der Waals surface area contributed by atoms with Gasteiger partial charge in [-0.05, 0) is 91.8 Å². The molecule has 6 aromatic rings. The Morgan fingerprint density at radius 1 is 0.455 bits per heavy atom. The standard InChI is InChI=1S/C37H21BrCl3F3/c38-36-33(24-15-19-27(39)20-16-24)31(22-7-2-1-3-8-22)32(23-13-17-26(18-14-23)37(42,43)44)35(29-11-4-5-12-30(29)41)34(36)25-9-6-10-28(40)21-25/h1-21H. The molecule has 0 saturated carbocycles. The van der Waals surface area contributed by atoms with E-state index in [9.17, 15) is 13.2 Å². The van der Waals surface area contributed by atoms with Gasteiger partial charge in [-0.25, -0.2) is 0 Å². The summed E-state index contributed by atoms with van der Waals surface area (Å²) in [6.07, 6.45) is -4.48. The summed E-state index contributed by atoms with van der Waals surface area (Å²) in [6.45, 7) is 0. The summed E-state index contributed by atoms with van der Waals surface area (Å²) < 4.78 is 41.9. The van der Waals surface area contributed by atoms with Crippen molar-refractivity contribution in [2.75, 3.05) is 0 Å². The van der Waals surface area contributed by atoms with E-state index < -0.39 is 11.7 Å². The van der Waals surface area contributed by atoms with Crippen molar-refractivity contribution in [1.82, 2.24) is 0 Å². The van der Waals surface area contributed by atoms with Crippen LogP contribution in [-0.2, 0) is 6.18 Å². The van der Waals surface area contributed by atoms with Gasteiger partial charge in [-0.3, -0.25) is 0 Å². The Balaban J connectivity index is 1.88. The minimum atomic E-state index is -4.48. The Morgan fingerprint density at radius 3 is 1.61 bits per heavy atom. The lowest BCUT2D eigenvalue weighted by atomic mass is 9.78. The first-order valence-electron chi connectivity index (χ1n) is 13.5. The van der Waals surface area contributed by atoms with E-state index >= 15 is 0 Å². The highest BCUT2D eigenvalue weighted by Gasteiger charge is 2.32. The topological polar surface area (TPSA) is 0 Å². The molecular weight excluding hydrogens is 688 g/mol. The second kappa shape index (κ2) is 12.5. The van der Waals surface area contributed by atoms with Crippen molar-refractivity contribution in [3.05, 3.63) is 152 Å². The minimum absolute atomic E-state index is 0.495. The zero-order valence-corrected chi connectivity index (χ0v) is 26.6. The second-order valence-electron chi connectivity index (χ2n) is 10.1. The molecule has 6 rings (SSSR count). The number of alkyl halides is 3. The average molecular weight is 709 g/mol. The lowest BCUT2D eigenvalue weighted by Crippen LogP contribution is -2.04. The molecule has 0 N–H and O–H groups in total. The number of benzene rings is 6. The minimum Gasteiger partial charge on any atom is -0.166 e. The van der Waals surface area contributed by atoms with Gasteiger partial charge in [-0.1, -0.05) is 120 Å². The van der Waals surface area contributed by atoms with Gasteiger partial charge >= 0.3 is 6.18 Å². The number of halogens is 7. The lowest BCUT2D eigenvalue weighted by molar-refractivity contribution is -0.137. The van der Waals surface area contributed by atoms with Crippen LogP contribution in [0.1, 0.15) is 5.56 Å². The predicted molar refractivity (Wildman–Crippen MR) is 181 cm³/mol. The molecule has 6 aromatic carbocycles. The van der Waals surface area contributed by atoms with Gasteiger partial charge in [0.2, 0.25) is 0 Å². The van der Waals surface area contributed by atoms with Crippen molar-refractivity contribution in [3.8, 4) is 55.6 Å². The zero-order valence-electron chi connectivity index (χ0n) is 22.8. The Hall–Kier alpha value is -3.54. The molecule has 0 radical (unpaired) electrons. The van der Waals surface area contributed by atoms with Gasteiger partial charge in [0.15, 0.2) is 0 Å². The van der Waals surface area contributed by atoms with Gasteiger partial charge in [0.25, 0.3) is 0 Å². The lowest BCUT2D eigenvalue weighted by Gasteiger charge is -2.27. The first kappa shape index (κ1) is 30.5. The van der Waals surface area contributed by atoms with E-state index in [1.807, 2.05) is 91.0 Å². The second-order valence-corrected chi connectivity index (χ2v) is 12.2. The predicted octanol–water partition coefficient (Wildman–Crippen LogP) is 13.8. The van der Waals surface area contributed by atoms with Gasteiger partial charge in [-0.15, -0.1) is 0 Å². The third kappa shape index (κ3) is 5.92.